The fourth-order valence-corrected chi connectivity index (χ4v) is 1.40. The van der Waals surface area contributed by atoms with E-state index in [1.165, 1.54) is 19.4 Å². The minimum absolute atomic E-state index is 0.646. The maximum absolute atomic E-state index is 3.55. The van der Waals surface area contributed by atoms with Crippen LogP contribution in [0.4, 0.5) is 0 Å². The highest BCUT2D eigenvalue weighted by Gasteiger charge is 2.25. The molecular formula is C11H24N2. The lowest BCUT2D eigenvalue weighted by atomic mass is 10.1. The van der Waals surface area contributed by atoms with Crippen molar-refractivity contribution in [2.45, 2.75) is 45.7 Å². The molecule has 1 aliphatic rings. The first kappa shape index (κ1) is 11.0. The number of nitrogens with zero attached hydrogens (tertiary/aromatic N) is 1. The smallest absolute Gasteiger partial charge is 0.0107 e. The van der Waals surface area contributed by atoms with Crippen LogP contribution in [0.1, 0.15) is 33.6 Å². The summed E-state index contributed by atoms with van der Waals surface area (Å²) >= 11 is 0. The lowest BCUT2D eigenvalue weighted by Crippen LogP contribution is -2.37. The number of nitrogens with one attached hydrogen (secondary N) is 1. The van der Waals surface area contributed by atoms with Crippen LogP contribution in [-0.2, 0) is 0 Å². The quantitative estimate of drug-likeness (QED) is 0.676. The van der Waals surface area contributed by atoms with Crippen LogP contribution in [-0.4, -0.2) is 37.1 Å². The van der Waals surface area contributed by atoms with Crippen molar-refractivity contribution in [3.63, 3.8) is 0 Å². The van der Waals surface area contributed by atoms with E-state index in [0.29, 0.717) is 6.04 Å². The molecular weight excluding hydrogens is 160 g/mol. The van der Waals surface area contributed by atoms with Crippen molar-refractivity contribution in [3.05, 3.63) is 0 Å². The van der Waals surface area contributed by atoms with Crippen LogP contribution in [0.15, 0.2) is 0 Å². The zero-order chi connectivity index (χ0) is 9.84. The Morgan fingerprint density at radius 2 is 1.92 bits per heavy atom. The van der Waals surface area contributed by atoms with Crippen molar-refractivity contribution < 1.29 is 0 Å². The minimum Gasteiger partial charge on any atom is -0.313 e. The van der Waals surface area contributed by atoms with Crippen LogP contribution >= 0.6 is 0 Å². The number of rotatable bonds is 6. The largest absolute Gasteiger partial charge is 0.313 e. The second-order valence-corrected chi connectivity index (χ2v) is 4.70. The van der Waals surface area contributed by atoms with Gasteiger partial charge in [-0.3, -0.25) is 0 Å². The summed E-state index contributed by atoms with van der Waals surface area (Å²) in [6.07, 6.45) is 2.83. The highest BCUT2D eigenvalue weighted by atomic mass is 15.2. The molecule has 0 aliphatic heterocycles. The van der Waals surface area contributed by atoms with Crippen LogP contribution < -0.4 is 5.32 Å². The van der Waals surface area contributed by atoms with Crippen molar-refractivity contribution in [2.24, 2.45) is 5.92 Å². The van der Waals surface area contributed by atoms with Gasteiger partial charge in [0.1, 0.15) is 0 Å². The normalized spacial score (nSPS) is 19.8. The van der Waals surface area contributed by atoms with Crippen molar-refractivity contribution in [3.8, 4) is 0 Å². The fourth-order valence-electron chi connectivity index (χ4n) is 1.40. The lowest BCUT2D eigenvalue weighted by molar-refractivity contribution is 0.306. The van der Waals surface area contributed by atoms with E-state index in [-0.39, 0.29) is 0 Å². The van der Waals surface area contributed by atoms with E-state index in [0.717, 1.165) is 18.5 Å². The van der Waals surface area contributed by atoms with E-state index in [1.807, 2.05) is 0 Å². The van der Waals surface area contributed by atoms with Crippen molar-refractivity contribution in [1.29, 1.82) is 0 Å². The molecule has 0 aromatic heterocycles. The van der Waals surface area contributed by atoms with Crippen molar-refractivity contribution in [2.75, 3.05) is 20.1 Å². The Labute approximate surface area is 82.7 Å². The Morgan fingerprint density at radius 3 is 2.38 bits per heavy atom. The molecule has 0 bridgehead atoms. The Bertz CT molecular complexity index is 133. The lowest BCUT2D eigenvalue weighted by Gasteiger charge is -2.20. The average Bonchev–Trinajstić information content (AvgIpc) is 2.85. The predicted molar refractivity (Wildman–Crippen MR) is 58.0 cm³/mol. The Balaban J connectivity index is 1.99. The zero-order valence-electron chi connectivity index (χ0n) is 9.51. The fraction of sp³-hybridized carbons (Fsp3) is 1.00. The molecule has 0 radical (unpaired) electrons. The molecule has 1 N–H and O–H groups in total. The van der Waals surface area contributed by atoms with Gasteiger partial charge in [0.2, 0.25) is 0 Å². The third-order valence-electron chi connectivity index (χ3n) is 3.10. The Hall–Kier alpha value is -0.0800. The highest BCUT2D eigenvalue weighted by Crippen LogP contribution is 2.24. The van der Waals surface area contributed by atoms with Gasteiger partial charge < -0.3 is 10.2 Å². The van der Waals surface area contributed by atoms with E-state index < -0.39 is 0 Å². The van der Waals surface area contributed by atoms with E-state index in [2.05, 4.69) is 38.0 Å². The molecule has 1 rings (SSSR count). The maximum atomic E-state index is 3.55. The first-order valence-electron chi connectivity index (χ1n) is 5.55. The molecule has 0 aromatic rings. The summed E-state index contributed by atoms with van der Waals surface area (Å²) in [7, 11) is 2.24. The van der Waals surface area contributed by atoms with Crippen LogP contribution in [0.3, 0.4) is 0 Å². The number of hydrogen-bond acceptors (Lipinski definition) is 2. The number of hydrogen-bond donors (Lipinski definition) is 1. The third-order valence-corrected chi connectivity index (χ3v) is 3.10. The molecule has 0 aromatic carbocycles. The van der Waals surface area contributed by atoms with Gasteiger partial charge >= 0.3 is 0 Å². The first-order valence-corrected chi connectivity index (χ1v) is 5.55. The summed E-state index contributed by atoms with van der Waals surface area (Å²) in [6.45, 7) is 9.13. The van der Waals surface area contributed by atoms with Crippen LogP contribution in [0, 0.1) is 5.92 Å². The topological polar surface area (TPSA) is 15.3 Å². The molecule has 2 heteroatoms. The summed E-state index contributed by atoms with van der Waals surface area (Å²) in [6, 6.07) is 1.55. The van der Waals surface area contributed by atoms with Crippen molar-refractivity contribution in [1.82, 2.24) is 10.2 Å². The predicted octanol–water partition coefficient (Wildman–Crippen LogP) is 1.71. The first-order chi connectivity index (χ1) is 6.11. The van der Waals surface area contributed by atoms with E-state index in [4.69, 9.17) is 0 Å². The SMILES string of the molecule is CC(C)C(C)NCCN(C)C1CC1. The molecule has 13 heavy (non-hydrogen) atoms. The van der Waals surface area contributed by atoms with Gasteiger partial charge in [-0.15, -0.1) is 0 Å². The molecule has 78 valence electrons. The van der Waals surface area contributed by atoms with Crippen molar-refractivity contribution >= 4 is 0 Å². The Morgan fingerprint density at radius 1 is 1.31 bits per heavy atom. The number of likely N-dealkylation sites (N-methyl/N-ethyl adjacent to an activating group) is 1. The van der Waals surface area contributed by atoms with Crippen LogP contribution in [0.2, 0.25) is 0 Å². The van der Waals surface area contributed by atoms with Gasteiger partial charge in [-0.2, -0.15) is 0 Å². The van der Waals surface area contributed by atoms with Gasteiger partial charge in [0.05, 0.1) is 0 Å². The van der Waals surface area contributed by atoms with Gasteiger partial charge in [-0.25, -0.2) is 0 Å². The van der Waals surface area contributed by atoms with Gasteiger partial charge in [0.15, 0.2) is 0 Å². The van der Waals surface area contributed by atoms with E-state index in [1.54, 1.807) is 0 Å². The Kier molecular flexibility index (Phi) is 4.20. The second kappa shape index (κ2) is 4.97. The summed E-state index contributed by atoms with van der Waals surface area (Å²) in [5.41, 5.74) is 0. The molecule has 1 fully saturated rings. The van der Waals surface area contributed by atoms with Gasteiger partial charge in [0, 0.05) is 25.2 Å². The maximum Gasteiger partial charge on any atom is 0.0107 e. The average molecular weight is 184 g/mol. The van der Waals surface area contributed by atoms with Gasteiger partial charge in [-0.05, 0) is 32.7 Å². The molecule has 1 unspecified atom stereocenters. The molecule has 1 atom stereocenters. The molecule has 0 spiro atoms. The van der Waals surface area contributed by atoms with Gasteiger partial charge in [0.25, 0.3) is 0 Å². The molecule has 1 aliphatic carbocycles. The summed E-state index contributed by atoms with van der Waals surface area (Å²) in [5, 5.41) is 3.55. The van der Waals surface area contributed by atoms with Gasteiger partial charge in [-0.1, -0.05) is 13.8 Å². The second-order valence-electron chi connectivity index (χ2n) is 4.70. The molecule has 0 amide bonds. The standard InChI is InChI=1S/C11H24N2/c1-9(2)10(3)12-7-8-13(4)11-5-6-11/h9-12H,5-8H2,1-4H3. The summed E-state index contributed by atoms with van der Waals surface area (Å²) in [4.78, 5) is 2.47. The molecule has 0 saturated heterocycles. The highest BCUT2D eigenvalue weighted by molar-refractivity contribution is 4.82. The molecule has 1 saturated carbocycles. The summed E-state index contributed by atoms with van der Waals surface area (Å²) < 4.78 is 0. The zero-order valence-corrected chi connectivity index (χ0v) is 9.51. The third kappa shape index (κ3) is 4.10. The minimum atomic E-state index is 0.646. The summed E-state index contributed by atoms with van der Waals surface area (Å²) in [5.74, 6) is 0.742. The molecule has 0 heterocycles. The molecule has 2 nitrogen and oxygen atoms in total. The van der Waals surface area contributed by atoms with Crippen LogP contribution in [0.5, 0.6) is 0 Å². The van der Waals surface area contributed by atoms with E-state index in [9.17, 15) is 0 Å². The van der Waals surface area contributed by atoms with E-state index >= 15 is 0 Å². The van der Waals surface area contributed by atoms with Crippen LogP contribution in [0.25, 0.3) is 0 Å². The monoisotopic (exact) mass is 184 g/mol.